The molecule has 0 aliphatic carbocycles. The van der Waals surface area contributed by atoms with Crippen molar-refractivity contribution >= 4 is 17.3 Å². The second kappa shape index (κ2) is 4.61. The zero-order chi connectivity index (χ0) is 13.2. The molecule has 1 aromatic carbocycles. The number of carbonyl (C=O) groups excluding carboxylic acids is 1. The summed E-state index contributed by atoms with van der Waals surface area (Å²) in [6.07, 6.45) is 1.64. The fraction of sp³-hybridized carbons (Fsp3) is 0.143. The highest BCUT2D eigenvalue weighted by molar-refractivity contribution is 5.97. The monoisotopic (exact) mass is 255 g/mol. The number of fused-ring (bicyclic) bond motifs is 1. The first-order valence-corrected chi connectivity index (χ1v) is 5.96. The maximum absolute atomic E-state index is 12.0. The molecule has 0 unspecified atom stereocenters. The number of benzene rings is 1. The summed E-state index contributed by atoms with van der Waals surface area (Å²) in [5, 5.41) is 0. The lowest BCUT2D eigenvalue weighted by atomic mass is 10.2. The van der Waals surface area contributed by atoms with Gasteiger partial charge in [0.05, 0.1) is 17.9 Å². The average Bonchev–Trinajstić information content (AvgIpc) is 2.42. The Morgan fingerprint density at radius 2 is 2.16 bits per heavy atom. The molecule has 5 heteroatoms. The summed E-state index contributed by atoms with van der Waals surface area (Å²) in [7, 11) is 0. The lowest BCUT2D eigenvalue weighted by Crippen LogP contribution is -2.38. The Hall–Kier alpha value is -2.56. The molecule has 3 rings (SSSR count). The van der Waals surface area contributed by atoms with Gasteiger partial charge in [0.15, 0.2) is 6.61 Å². The number of nitrogens with zero attached hydrogens (tertiary/aromatic N) is 2. The minimum Gasteiger partial charge on any atom is -0.482 e. The molecule has 96 valence electrons. The molecule has 1 amide bonds. The summed E-state index contributed by atoms with van der Waals surface area (Å²) in [5.41, 5.74) is 7.88. The quantitative estimate of drug-likeness (QED) is 0.884. The highest BCUT2D eigenvalue weighted by Crippen LogP contribution is 2.32. The number of ether oxygens (including phenoxy) is 1. The fourth-order valence-corrected chi connectivity index (χ4v) is 2.07. The van der Waals surface area contributed by atoms with Gasteiger partial charge in [-0.3, -0.25) is 14.7 Å². The Balaban J connectivity index is 1.94. The average molecular weight is 255 g/mol. The number of nitrogen functional groups attached to an aromatic ring is 1. The van der Waals surface area contributed by atoms with Crippen LogP contribution >= 0.6 is 0 Å². The van der Waals surface area contributed by atoms with E-state index in [2.05, 4.69) is 4.98 Å². The van der Waals surface area contributed by atoms with E-state index in [1.165, 1.54) is 0 Å². The first-order chi connectivity index (χ1) is 9.24. The van der Waals surface area contributed by atoms with Crippen molar-refractivity contribution in [3.8, 4) is 5.75 Å². The highest BCUT2D eigenvalue weighted by Gasteiger charge is 2.25. The van der Waals surface area contributed by atoms with Gasteiger partial charge in [0, 0.05) is 11.9 Å². The Morgan fingerprint density at radius 1 is 1.32 bits per heavy atom. The lowest BCUT2D eigenvalue weighted by Gasteiger charge is -2.29. The van der Waals surface area contributed by atoms with Crippen molar-refractivity contribution in [2.45, 2.75) is 6.54 Å². The van der Waals surface area contributed by atoms with Crippen LogP contribution in [0, 0.1) is 0 Å². The molecule has 0 radical (unpaired) electrons. The van der Waals surface area contributed by atoms with E-state index < -0.39 is 0 Å². The molecule has 0 fully saturated rings. The van der Waals surface area contributed by atoms with Gasteiger partial charge in [-0.1, -0.05) is 12.1 Å². The maximum atomic E-state index is 12.0. The number of hydrogen-bond acceptors (Lipinski definition) is 4. The molecule has 0 bridgehead atoms. The van der Waals surface area contributed by atoms with Gasteiger partial charge in [-0.2, -0.15) is 0 Å². The van der Waals surface area contributed by atoms with E-state index in [0.29, 0.717) is 18.0 Å². The van der Waals surface area contributed by atoms with Crippen molar-refractivity contribution in [1.29, 1.82) is 0 Å². The highest BCUT2D eigenvalue weighted by atomic mass is 16.5. The number of nitrogens with two attached hydrogens (primary N) is 1. The van der Waals surface area contributed by atoms with Crippen molar-refractivity contribution < 1.29 is 9.53 Å². The largest absolute Gasteiger partial charge is 0.482 e. The summed E-state index contributed by atoms with van der Waals surface area (Å²) < 4.78 is 5.39. The number of amides is 1. The van der Waals surface area contributed by atoms with Gasteiger partial charge in [0.1, 0.15) is 5.75 Å². The zero-order valence-electron chi connectivity index (χ0n) is 10.2. The molecule has 1 aromatic heterocycles. The Bertz CT molecular complexity index is 628. The number of anilines is 2. The predicted molar refractivity (Wildman–Crippen MR) is 71.8 cm³/mol. The van der Waals surface area contributed by atoms with Gasteiger partial charge < -0.3 is 10.5 Å². The summed E-state index contributed by atoms with van der Waals surface area (Å²) in [4.78, 5) is 17.9. The Morgan fingerprint density at radius 3 is 3.00 bits per heavy atom. The number of hydrogen-bond donors (Lipinski definition) is 1. The van der Waals surface area contributed by atoms with Crippen LogP contribution in [0.25, 0.3) is 0 Å². The molecule has 2 aromatic rings. The molecule has 0 atom stereocenters. The third-order valence-electron chi connectivity index (χ3n) is 2.97. The molecular formula is C14H13N3O2. The molecule has 19 heavy (non-hydrogen) atoms. The van der Waals surface area contributed by atoms with E-state index >= 15 is 0 Å². The van der Waals surface area contributed by atoms with Crippen LogP contribution in [0.3, 0.4) is 0 Å². The standard InChI is InChI=1S/C14H13N3O2/c15-10-5-6-16-11(7-10)8-17-12-3-1-2-4-13(12)19-9-14(17)18/h1-7H,8-9H2,(H2,15,16). The third kappa shape index (κ3) is 2.22. The molecule has 1 aliphatic heterocycles. The minimum absolute atomic E-state index is 0.0549. The van der Waals surface area contributed by atoms with Crippen LogP contribution in [0.5, 0.6) is 5.75 Å². The van der Waals surface area contributed by atoms with Crippen LogP contribution in [0.4, 0.5) is 11.4 Å². The number of pyridine rings is 1. The van der Waals surface area contributed by atoms with Crippen LogP contribution in [0.2, 0.25) is 0 Å². The first kappa shape index (κ1) is 11.5. The summed E-state index contributed by atoms with van der Waals surface area (Å²) in [6.45, 7) is 0.448. The molecule has 2 N–H and O–H groups in total. The number of para-hydroxylation sites is 2. The van der Waals surface area contributed by atoms with Gasteiger partial charge >= 0.3 is 0 Å². The molecule has 0 saturated heterocycles. The van der Waals surface area contributed by atoms with Crippen molar-refractivity contribution in [1.82, 2.24) is 4.98 Å². The van der Waals surface area contributed by atoms with E-state index in [0.717, 1.165) is 11.4 Å². The van der Waals surface area contributed by atoms with Gasteiger partial charge in [-0.25, -0.2) is 0 Å². The topological polar surface area (TPSA) is 68.5 Å². The minimum atomic E-state index is -0.0806. The molecule has 0 spiro atoms. The number of carbonyl (C=O) groups is 1. The SMILES string of the molecule is Nc1ccnc(CN2C(=O)COc3ccccc32)c1. The van der Waals surface area contributed by atoms with Gasteiger partial charge in [0.2, 0.25) is 0 Å². The number of aromatic nitrogens is 1. The summed E-state index contributed by atoms with van der Waals surface area (Å²) in [6, 6.07) is 11.0. The molecule has 2 heterocycles. The van der Waals surface area contributed by atoms with Crippen LogP contribution in [0.1, 0.15) is 5.69 Å². The van der Waals surface area contributed by atoms with Gasteiger partial charge in [0.25, 0.3) is 5.91 Å². The smallest absolute Gasteiger partial charge is 0.265 e. The van der Waals surface area contributed by atoms with Crippen molar-refractivity contribution in [3.63, 3.8) is 0 Å². The second-order valence-electron chi connectivity index (χ2n) is 4.32. The van der Waals surface area contributed by atoms with E-state index in [4.69, 9.17) is 10.5 Å². The first-order valence-electron chi connectivity index (χ1n) is 5.96. The Kier molecular flexibility index (Phi) is 2.79. The van der Waals surface area contributed by atoms with Crippen molar-refractivity contribution in [3.05, 3.63) is 48.3 Å². The van der Waals surface area contributed by atoms with Crippen LogP contribution in [0.15, 0.2) is 42.6 Å². The molecule has 5 nitrogen and oxygen atoms in total. The van der Waals surface area contributed by atoms with Crippen LogP contribution in [-0.2, 0) is 11.3 Å². The van der Waals surface area contributed by atoms with E-state index in [1.807, 2.05) is 24.3 Å². The van der Waals surface area contributed by atoms with Gasteiger partial charge in [-0.05, 0) is 24.3 Å². The Labute approximate surface area is 110 Å². The van der Waals surface area contributed by atoms with E-state index in [-0.39, 0.29) is 12.5 Å². The third-order valence-corrected chi connectivity index (χ3v) is 2.97. The van der Waals surface area contributed by atoms with Gasteiger partial charge in [-0.15, -0.1) is 0 Å². The van der Waals surface area contributed by atoms with E-state index in [9.17, 15) is 4.79 Å². The molecular weight excluding hydrogens is 242 g/mol. The normalized spacial score (nSPS) is 13.9. The summed E-state index contributed by atoms with van der Waals surface area (Å²) in [5.74, 6) is 0.633. The fourth-order valence-electron chi connectivity index (χ4n) is 2.07. The van der Waals surface area contributed by atoms with Crippen LogP contribution in [-0.4, -0.2) is 17.5 Å². The maximum Gasteiger partial charge on any atom is 0.265 e. The predicted octanol–water partition coefficient (Wildman–Crippen LogP) is 1.59. The summed E-state index contributed by atoms with van der Waals surface area (Å²) >= 11 is 0. The van der Waals surface area contributed by atoms with Crippen molar-refractivity contribution in [2.24, 2.45) is 0 Å². The lowest BCUT2D eigenvalue weighted by molar-refractivity contribution is -0.121. The molecule has 0 saturated carbocycles. The zero-order valence-corrected chi connectivity index (χ0v) is 10.2. The van der Waals surface area contributed by atoms with Crippen LogP contribution < -0.4 is 15.4 Å². The van der Waals surface area contributed by atoms with Crippen molar-refractivity contribution in [2.75, 3.05) is 17.2 Å². The molecule has 1 aliphatic rings. The second-order valence-corrected chi connectivity index (χ2v) is 4.32. The number of rotatable bonds is 2. The van der Waals surface area contributed by atoms with E-state index in [1.54, 1.807) is 23.2 Å².